The molecule has 3 aliphatic carbocycles. The number of esters is 2. The Hall–Kier alpha value is -1.92. The van der Waals surface area contributed by atoms with Gasteiger partial charge >= 0.3 is 11.9 Å². The Balaban J connectivity index is 2.08. The van der Waals surface area contributed by atoms with Crippen LogP contribution in [0.15, 0.2) is 11.1 Å². The number of fused-ring (bicyclic) bond motifs is 5. The van der Waals surface area contributed by atoms with Crippen molar-refractivity contribution in [2.24, 2.45) is 16.7 Å². The van der Waals surface area contributed by atoms with Crippen LogP contribution in [0.3, 0.4) is 0 Å². The van der Waals surface area contributed by atoms with Crippen LogP contribution in [0, 0.1) is 16.7 Å². The molecule has 4 rings (SSSR count). The van der Waals surface area contributed by atoms with E-state index in [1.165, 1.54) is 13.8 Å². The van der Waals surface area contributed by atoms with E-state index < -0.39 is 90.6 Å². The highest BCUT2D eigenvalue weighted by molar-refractivity contribution is 6.73. The number of hydrogen-bond acceptors (Lipinski definition) is 10. The molecule has 3 fully saturated rings. The van der Waals surface area contributed by atoms with Gasteiger partial charge in [-0.2, -0.15) is 0 Å². The van der Waals surface area contributed by atoms with Gasteiger partial charge in [0, 0.05) is 38.0 Å². The molecule has 11 heteroatoms. The summed E-state index contributed by atoms with van der Waals surface area (Å²) in [6.07, 6.45) is -4.93. The van der Waals surface area contributed by atoms with Gasteiger partial charge in [0.1, 0.15) is 11.7 Å². The third kappa shape index (κ3) is 4.32. The van der Waals surface area contributed by atoms with E-state index in [9.17, 15) is 24.6 Å². The van der Waals surface area contributed by atoms with Crippen LogP contribution in [0.4, 0.5) is 0 Å². The van der Waals surface area contributed by atoms with Crippen molar-refractivity contribution in [3.05, 3.63) is 11.1 Å². The van der Waals surface area contributed by atoms with Gasteiger partial charge in [0.15, 0.2) is 31.6 Å². The molecule has 4 aliphatic rings. The molecule has 10 nitrogen and oxygen atoms in total. The fourth-order valence-electron chi connectivity index (χ4n) is 8.29. The highest BCUT2D eigenvalue weighted by Crippen LogP contribution is 2.64. The van der Waals surface area contributed by atoms with Crippen molar-refractivity contribution >= 4 is 31.8 Å². The molecule has 8 atom stereocenters. The fraction of sp³-hybridized carbons (Fsp3) is 0.800. The Morgan fingerprint density at radius 3 is 2.10 bits per heavy atom. The second kappa shape index (κ2) is 10.4. The Labute approximate surface area is 243 Å². The molecule has 0 aromatic carbocycles. The molecule has 0 aromatic heterocycles. The van der Waals surface area contributed by atoms with Crippen molar-refractivity contribution in [1.82, 2.24) is 0 Å². The third-order valence-electron chi connectivity index (χ3n) is 11.1. The lowest BCUT2D eigenvalue weighted by Gasteiger charge is -2.67. The zero-order valence-corrected chi connectivity index (χ0v) is 26.8. The Kier molecular flexibility index (Phi) is 8.09. The van der Waals surface area contributed by atoms with Gasteiger partial charge in [-0.15, -0.1) is 0 Å². The summed E-state index contributed by atoms with van der Waals surface area (Å²) >= 11 is 0. The summed E-state index contributed by atoms with van der Waals surface area (Å²) in [4.78, 5) is 53.5. The predicted molar refractivity (Wildman–Crippen MR) is 150 cm³/mol. The van der Waals surface area contributed by atoms with Crippen LogP contribution in [0.5, 0.6) is 0 Å². The van der Waals surface area contributed by atoms with Gasteiger partial charge in [-0.05, 0) is 43.1 Å². The van der Waals surface area contributed by atoms with Gasteiger partial charge in [0.25, 0.3) is 0 Å². The molecule has 2 saturated carbocycles. The van der Waals surface area contributed by atoms with Crippen LogP contribution in [-0.4, -0.2) is 84.3 Å². The first-order valence-electron chi connectivity index (χ1n) is 14.8. The SMILES string of the molecule is CC[Si](CC)(CC)O[C@H]1C[C@H]2OC[C@@]2(OC(C)=O)[C@H]2[C@H](O)[C@]3(O)CC(=O)C(C)=C([C@@H](OC(C)=O)C(=O)[C@]12C)C3(C)C. The molecular weight excluding hydrogens is 548 g/mol. The number of hydrogen-bond donors (Lipinski definition) is 2. The number of aliphatic hydroxyl groups is 2. The van der Waals surface area contributed by atoms with Crippen molar-refractivity contribution in [2.75, 3.05) is 6.61 Å². The van der Waals surface area contributed by atoms with Crippen molar-refractivity contribution in [2.45, 2.75) is 129 Å². The lowest BCUT2D eigenvalue weighted by atomic mass is 9.45. The Bertz CT molecular complexity index is 1170. The first-order chi connectivity index (χ1) is 18.9. The van der Waals surface area contributed by atoms with Gasteiger partial charge in [0.05, 0.1) is 24.2 Å². The molecule has 2 bridgehead atoms. The highest BCUT2D eigenvalue weighted by Gasteiger charge is 2.77. The average Bonchev–Trinajstić information content (AvgIpc) is 2.88. The van der Waals surface area contributed by atoms with E-state index in [-0.39, 0.29) is 24.2 Å². The molecular formula is C30H46O10Si. The monoisotopic (exact) mass is 594 g/mol. The minimum Gasteiger partial charge on any atom is -0.454 e. The quantitative estimate of drug-likeness (QED) is 0.333. The van der Waals surface area contributed by atoms with E-state index in [1.807, 2.05) is 0 Å². The third-order valence-corrected chi connectivity index (χ3v) is 15.8. The zero-order chi connectivity index (χ0) is 30.9. The van der Waals surface area contributed by atoms with Crippen LogP contribution in [0.25, 0.3) is 0 Å². The second-order valence-corrected chi connectivity index (χ2v) is 17.9. The van der Waals surface area contributed by atoms with E-state index >= 15 is 4.79 Å². The van der Waals surface area contributed by atoms with E-state index in [0.717, 1.165) is 18.1 Å². The van der Waals surface area contributed by atoms with Crippen LogP contribution < -0.4 is 0 Å². The lowest BCUT2D eigenvalue weighted by molar-refractivity contribution is -0.343. The van der Waals surface area contributed by atoms with Gasteiger partial charge in [-0.25, -0.2) is 0 Å². The summed E-state index contributed by atoms with van der Waals surface area (Å²) in [7, 11) is -2.38. The largest absolute Gasteiger partial charge is 0.454 e. The van der Waals surface area contributed by atoms with Crippen LogP contribution in [0.1, 0.15) is 75.2 Å². The predicted octanol–water partition coefficient (Wildman–Crippen LogP) is 3.03. The number of carbonyl (C=O) groups is 4. The summed E-state index contributed by atoms with van der Waals surface area (Å²) in [6.45, 7) is 15.0. The standard InChI is InChI=1S/C30H46O10Si/c1-10-41(11-2,12-3)40-20-13-21-29(15-37-21,39-18(6)32)24-26(35)30(36)14-19(33)16(4)22(27(30,7)8)23(38-17(5)31)25(34)28(20,24)9/h20-21,23-24,26,35-36H,10-15H2,1-9H3/t20-,21+,23+,24-,26-,28+,29-,30+/m0/s1. The van der Waals surface area contributed by atoms with E-state index in [1.54, 1.807) is 27.7 Å². The van der Waals surface area contributed by atoms with Crippen molar-refractivity contribution in [3.8, 4) is 0 Å². The molecule has 0 radical (unpaired) electrons. The fourth-order valence-corrected chi connectivity index (χ4v) is 11.2. The van der Waals surface area contributed by atoms with Crippen molar-refractivity contribution in [1.29, 1.82) is 0 Å². The first-order valence-corrected chi connectivity index (χ1v) is 17.3. The summed E-state index contributed by atoms with van der Waals surface area (Å²) in [5.74, 6) is -3.59. The van der Waals surface area contributed by atoms with Crippen LogP contribution in [-0.2, 0) is 37.8 Å². The van der Waals surface area contributed by atoms with E-state index in [4.69, 9.17) is 18.6 Å². The maximum Gasteiger partial charge on any atom is 0.303 e. The Morgan fingerprint density at radius 2 is 1.63 bits per heavy atom. The summed E-state index contributed by atoms with van der Waals surface area (Å²) < 4.78 is 24.7. The number of carbonyl (C=O) groups excluding carboxylic acids is 4. The molecule has 1 aliphatic heterocycles. The molecule has 230 valence electrons. The van der Waals surface area contributed by atoms with E-state index in [0.29, 0.717) is 0 Å². The van der Waals surface area contributed by atoms with Crippen molar-refractivity contribution < 1.29 is 48.0 Å². The van der Waals surface area contributed by atoms with Crippen LogP contribution >= 0.6 is 0 Å². The number of rotatable bonds is 7. The van der Waals surface area contributed by atoms with Crippen molar-refractivity contribution in [3.63, 3.8) is 0 Å². The molecule has 1 saturated heterocycles. The lowest BCUT2D eigenvalue weighted by Crippen LogP contribution is -2.82. The number of Topliss-reactive ketones (excluding diaryl/α,β-unsaturated/α-hetero) is 2. The maximum atomic E-state index is 15.1. The molecule has 0 unspecified atom stereocenters. The number of aliphatic hydroxyl groups excluding tert-OH is 1. The maximum absolute atomic E-state index is 15.1. The van der Waals surface area contributed by atoms with Gasteiger partial charge < -0.3 is 28.8 Å². The molecule has 2 N–H and O–H groups in total. The molecule has 1 heterocycles. The van der Waals surface area contributed by atoms with Gasteiger partial charge in [-0.1, -0.05) is 34.6 Å². The molecule has 41 heavy (non-hydrogen) atoms. The second-order valence-electron chi connectivity index (χ2n) is 13.2. The average molecular weight is 595 g/mol. The topological polar surface area (TPSA) is 146 Å². The minimum atomic E-state index is -2.38. The highest BCUT2D eigenvalue weighted by atomic mass is 28.4. The summed E-state index contributed by atoms with van der Waals surface area (Å²) in [5, 5.41) is 24.8. The molecule has 0 aromatic rings. The smallest absolute Gasteiger partial charge is 0.303 e. The molecule has 0 amide bonds. The van der Waals surface area contributed by atoms with Crippen LogP contribution in [0.2, 0.25) is 18.1 Å². The zero-order valence-electron chi connectivity index (χ0n) is 25.8. The van der Waals surface area contributed by atoms with Gasteiger partial charge in [0.2, 0.25) is 0 Å². The summed E-state index contributed by atoms with van der Waals surface area (Å²) in [6, 6.07) is 2.37. The molecule has 0 spiro atoms. The number of ether oxygens (including phenoxy) is 3. The number of ketones is 2. The van der Waals surface area contributed by atoms with E-state index in [2.05, 4.69) is 20.8 Å². The normalized spacial score (nSPS) is 40.0. The minimum absolute atomic E-state index is 0.100. The Morgan fingerprint density at radius 1 is 1.05 bits per heavy atom. The summed E-state index contributed by atoms with van der Waals surface area (Å²) in [5.41, 5.74) is -6.12. The first kappa shape index (κ1) is 32.0. The number of allylic oxidation sites excluding steroid dienone is 1. The van der Waals surface area contributed by atoms with Gasteiger partial charge in [-0.3, -0.25) is 19.2 Å².